The summed E-state index contributed by atoms with van der Waals surface area (Å²) in [6, 6.07) is 0. The van der Waals surface area contributed by atoms with Gasteiger partial charge in [0, 0.05) is 9.77 Å². The minimum absolute atomic E-state index is 0.531. The standard InChI is InChI=1S/C7H7IN2O2/c1-4-2-9-3-5(6(4)8)10-7(11)12/h2-3,10H,1H3,(H,11,12). The molecule has 64 valence electrons. The molecule has 0 aliphatic rings. The van der Waals surface area contributed by atoms with Gasteiger partial charge in [-0.25, -0.2) is 4.79 Å². The molecule has 0 radical (unpaired) electrons. The third kappa shape index (κ3) is 2.07. The lowest BCUT2D eigenvalue weighted by molar-refractivity contribution is 0.209. The number of carbonyl (C=O) groups is 1. The number of nitrogens with one attached hydrogen (secondary N) is 1. The van der Waals surface area contributed by atoms with Crippen LogP contribution in [0.2, 0.25) is 0 Å². The number of halogens is 1. The summed E-state index contributed by atoms with van der Waals surface area (Å²) in [5.74, 6) is 0. The second kappa shape index (κ2) is 3.70. The van der Waals surface area contributed by atoms with Crippen LogP contribution in [0.3, 0.4) is 0 Å². The van der Waals surface area contributed by atoms with Crippen molar-refractivity contribution in [2.24, 2.45) is 0 Å². The highest BCUT2D eigenvalue weighted by molar-refractivity contribution is 14.1. The van der Waals surface area contributed by atoms with Crippen LogP contribution in [0.15, 0.2) is 12.4 Å². The van der Waals surface area contributed by atoms with Crippen LogP contribution in [0.25, 0.3) is 0 Å². The second-order valence-corrected chi connectivity index (χ2v) is 3.33. The maximum absolute atomic E-state index is 10.3. The van der Waals surface area contributed by atoms with Gasteiger partial charge in [-0.2, -0.15) is 0 Å². The average molecular weight is 278 g/mol. The molecule has 12 heavy (non-hydrogen) atoms. The van der Waals surface area contributed by atoms with Crippen molar-refractivity contribution in [1.29, 1.82) is 0 Å². The van der Waals surface area contributed by atoms with Gasteiger partial charge in [0.15, 0.2) is 0 Å². The van der Waals surface area contributed by atoms with Crippen molar-refractivity contribution in [1.82, 2.24) is 4.98 Å². The van der Waals surface area contributed by atoms with Gasteiger partial charge in [0.1, 0.15) is 0 Å². The maximum atomic E-state index is 10.3. The van der Waals surface area contributed by atoms with Gasteiger partial charge in [0.2, 0.25) is 0 Å². The lowest BCUT2D eigenvalue weighted by Gasteiger charge is -2.04. The van der Waals surface area contributed by atoms with E-state index in [1.165, 1.54) is 6.20 Å². The summed E-state index contributed by atoms with van der Waals surface area (Å²) in [6.07, 6.45) is 2.11. The van der Waals surface area contributed by atoms with Gasteiger partial charge in [-0.05, 0) is 35.1 Å². The summed E-state index contributed by atoms with van der Waals surface area (Å²) in [4.78, 5) is 14.2. The fourth-order valence-corrected chi connectivity index (χ4v) is 1.17. The molecule has 0 unspecified atom stereocenters. The quantitative estimate of drug-likeness (QED) is 0.773. The van der Waals surface area contributed by atoms with Crippen LogP contribution in [0.1, 0.15) is 5.56 Å². The highest BCUT2D eigenvalue weighted by atomic mass is 127. The minimum atomic E-state index is -1.07. The smallest absolute Gasteiger partial charge is 0.409 e. The van der Waals surface area contributed by atoms with Crippen LogP contribution >= 0.6 is 22.6 Å². The summed E-state index contributed by atoms with van der Waals surface area (Å²) in [6.45, 7) is 1.88. The van der Waals surface area contributed by atoms with Crippen LogP contribution in [-0.2, 0) is 0 Å². The molecule has 0 bridgehead atoms. The Kier molecular flexibility index (Phi) is 2.85. The van der Waals surface area contributed by atoms with E-state index in [2.05, 4.69) is 32.9 Å². The van der Waals surface area contributed by atoms with Gasteiger partial charge in [-0.15, -0.1) is 0 Å². The van der Waals surface area contributed by atoms with E-state index in [1.807, 2.05) is 6.92 Å². The molecule has 0 aliphatic carbocycles. The number of carboxylic acid groups (broad SMARTS) is 1. The van der Waals surface area contributed by atoms with E-state index in [-0.39, 0.29) is 0 Å². The van der Waals surface area contributed by atoms with Crippen molar-refractivity contribution in [2.45, 2.75) is 6.92 Å². The molecular weight excluding hydrogens is 271 g/mol. The summed E-state index contributed by atoms with van der Waals surface area (Å²) in [7, 11) is 0. The molecule has 4 nitrogen and oxygen atoms in total. The molecule has 0 spiro atoms. The molecule has 2 N–H and O–H groups in total. The number of pyridine rings is 1. The first kappa shape index (κ1) is 9.24. The zero-order chi connectivity index (χ0) is 9.14. The molecule has 0 fully saturated rings. The molecular formula is C7H7IN2O2. The van der Waals surface area contributed by atoms with E-state index in [0.29, 0.717) is 5.69 Å². The largest absolute Gasteiger partial charge is 0.465 e. The van der Waals surface area contributed by atoms with Crippen LogP contribution in [-0.4, -0.2) is 16.2 Å². The van der Waals surface area contributed by atoms with E-state index in [9.17, 15) is 4.79 Å². The van der Waals surface area contributed by atoms with Crippen molar-refractivity contribution in [2.75, 3.05) is 5.32 Å². The lowest BCUT2D eigenvalue weighted by atomic mass is 10.3. The maximum Gasteiger partial charge on any atom is 0.409 e. The summed E-state index contributed by atoms with van der Waals surface area (Å²) < 4.78 is 0.880. The first-order valence-corrected chi connectivity index (χ1v) is 4.29. The molecule has 1 aromatic rings. The monoisotopic (exact) mass is 278 g/mol. The SMILES string of the molecule is Cc1cncc(NC(=O)O)c1I. The average Bonchev–Trinajstić information content (AvgIpc) is 1.98. The minimum Gasteiger partial charge on any atom is -0.465 e. The Balaban J connectivity index is 3.00. The van der Waals surface area contributed by atoms with E-state index in [0.717, 1.165) is 9.13 Å². The number of nitrogens with zero attached hydrogens (tertiary/aromatic N) is 1. The Bertz CT molecular complexity index is 314. The molecule has 0 saturated carbocycles. The first-order chi connectivity index (χ1) is 5.61. The third-order valence-electron chi connectivity index (χ3n) is 1.30. The van der Waals surface area contributed by atoms with Gasteiger partial charge < -0.3 is 5.11 Å². The Morgan fingerprint density at radius 2 is 2.33 bits per heavy atom. The number of rotatable bonds is 1. The van der Waals surface area contributed by atoms with Gasteiger partial charge in [0.25, 0.3) is 0 Å². The molecule has 0 aromatic carbocycles. The predicted octanol–water partition coefficient (Wildman–Crippen LogP) is 2.08. The Morgan fingerprint density at radius 1 is 1.67 bits per heavy atom. The number of amides is 1. The molecule has 0 saturated heterocycles. The van der Waals surface area contributed by atoms with E-state index in [4.69, 9.17) is 5.11 Å². The van der Waals surface area contributed by atoms with E-state index >= 15 is 0 Å². The van der Waals surface area contributed by atoms with Gasteiger partial charge in [-0.3, -0.25) is 10.3 Å². The molecule has 0 aliphatic heterocycles. The van der Waals surface area contributed by atoms with Crippen LogP contribution in [0.5, 0.6) is 0 Å². The van der Waals surface area contributed by atoms with E-state index < -0.39 is 6.09 Å². The van der Waals surface area contributed by atoms with E-state index in [1.54, 1.807) is 6.20 Å². The van der Waals surface area contributed by atoms with Gasteiger partial charge >= 0.3 is 6.09 Å². The first-order valence-electron chi connectivity index (χ1n) is 3.21. The summed E-state index contributed by atoms with van der Waals surface area (Å²) >= 11 is 2.07. The molecule has 0 atom stereocenters. The molecule has 1 rings (SSSR count). The van der Waals surface area contributed by atoms with Crippen LogP contribution in [0.4, 0.5) is 10.5 Å². The Morgan fingerprint density at radius 3 is 2.92 bits per heavy atom. The zero-order valence-electron chi connectivity index (χ0n) is 6.34. The normalized spacial score (nSPS) is 9.50. The predicted molar refractivity (Wildman–Crippen MR) is 53.3 cm³/mol. The van der Waals surface area contributed by atoms with Crippen LogP contribution < -0.4 is 5.32 Å². The fourth-order valence-electron chi connectivity index (χ4n) is 0.752. The fraction of sp³-hybridized carbons (Fsp3) is 0.143. The van der Waals surface area contributed by atoms with Gasteiger partial charge in [-0.1, -0.05) is 0 Å². The number of anilines is 1. The Hall–Kier alpha value is -0.850. The highest BCUT2D eigenvalue weighted by Crippen LogP contribution is 2.19. The number of hydrogen-bond donors (Lipinski definition) is 2. The summed E-state index contributed by atoms with van der Waals surface area (Å²) in [5.41, 5.74) is 1.49. The topological polar surface area (TPSA) is 62.2 Å². The number of aromatic nitrogens is 1. The van der Waals surface area contributed by atoms with Crippen molar-refractivity contribution in [3.63, 3.8) is 0 Å². The van der Waals surface area contributed by atoms with Crippen molar-refractivity contribution in [3.8, 4) is 0 Å². The third-order valence-corrected chi connectivity index (χ3v) is 2.73. The highest BCUT2D eigenvalue weighted by Gasteiger charge is 2.04. The summed E-state index contributed by atoms with van der Waals surface area (Å²) in [5, 5.41) is 10.7. The van der Waals surface area contributed by atoms with Crippen molar-refractivity contribution < 1.29 is 9.90 Å². The Labute approximate surface area is 83.1 Å². The van der Waals surface area contributed by atoms with Crippen molar-refractivity contribution >= 4 is 34.4 Å². The number of hydrogen-bond acceptors (Lipinski definition) is 2. The van der Waals surface area contributed by atoms with Gasteiger partial charge in [0.05, 0.1) is 11.9 Å². The second-order valence-electron chi connectivity index (χ2n) is 2.25. The zero-order valence-corrected chi connectivity index (χ0v) is 8.49. The molecule has 1 aromatic heterocycles. The molecule has 1 amide bonds. The van der Waals surface area contributed by atoms with Crippen LogP contribution in [0, 0.1) is 10.5 Å². The lowest BCUT2D eigenvalue weighted by Crippen LogP contribution is -2.09. The number of aryl methyl sites for hydroxylation is 1. The molecule has 5 heteroatoms. The molecule has 1 heterocycles. The van der Waals surface area contributed by atoms with Crippen molar-refractivity contribution in [3.05, 3.63) is 21.5 Å².